The van der Waals surface area contributed by atoms with Gasteiger partial charge in [-0.05, 0) is 12.1 Å². The maximum Gasteiger partial charge on any atom is 0.288 e. The van der Waals surface area contributed by atoms with Crippen LogP contribution in [0.2, 0.25) is 0 Å². The van der Waals surface area contributed by atoms with Crippen LogP contribution in [0.15, 0.2) is 29.2 Å². The second-order valence-electron chi connectivity index (χ2n) is 3.58. The fraction of sp³-hybridized carbons (Fsp3) is 0.364. The Morgan fingerprint density at radius 3 is 2.71 bits per heavy atom. The lowest BCUT2D eigenvalue weighted by molar-refractivity contribution is -0.00351. The minimum Gasteiger partial charge on any atom is -0.377 e. The third-order valence-corrected chi connectivity index (χ3v) is 3.11. The van der Waals surface area contributed by atoms with Crippen LogP contribution < -0.4 is 5.32 Å². The van der Waals surface area contributed by atoms with Gasteiger partial charge in [-0.2, -0.15) is 8.78 Å². The lowest BCUT2D eigenvalue weighted by atomic mass is 10.2. The lowest BCUT2D eigenvalue weighted by Crippen LogP contribution is -2.48. The second kappa shape index (κ2) is 5.46. The Balaban J connectivity index is 2.09. The molecule has 1 aromatic rings. The largest absolute Gasteiger partial charge is 0.377 e. The van der Waals surface area contributed by atoms with Crippen LogP contribution in [-0.4, -0.2) is 30.9 Å². The molecule has 17 heavy (non-hydrogen) atoms. The minimum atomic E-state index is -2.53. The summed E-state index contributed by atoms with van der Waals surface area (Å²) in [5, 5.41) is 2.72. The summed E-state index contributed by atoms with van der Waals surface area (Å²) in [6.45, 7) is 0.964. The van der Waals surface area contributed by atoms with Crippen LogP contribution in [0.5, 0.6) is 0 Å². The van der Waals surface area contributed by atoms with Crippen molar-refractivity contribution in [3.8, 4) is 0 Å². The standard InChI is InChI=1S/C11H11F2NO2S/c12-11(13)17-9-4-2-1-3-8(9)10(15)14-7-5-16-6-7/h1-4,7,11H,5-6H2,(H,14,15). The first-order valence-electron chi connectivity index (χ1n) is 5.09. The number of hydrogen-bond acceptors (Lipinski definition) is 3. The van der Waals surface area contributed by atoms with Crippen molar-refractivity contribution in [2.24, 2.45) is 0 Å². The molecular weight excluding hydrogens is 248 g/mol. The smallest absolute Gasteiger partial charge is 0.288 e. The van der Waals surface area contributed by atoms with Crippen LogP contribution in [0.1, 0.15) is 10.4 Å². The molecule has 0 aromatic heterocycles. The van der Waals surface area contributed by atoms with Gasteiger partial charge in [0.2, 0.25) is 0 Å². The zero-order valence-corrected chi connectivity index (χ0v) is 9.68. The highest BCUT2D eigenvalue weighted by atomic mass is 32.2. The lowest BCUT2D eigenvalue weighted by Gasteiger charge is -2.27. The van der Waals surface area contributed by atoms with Crippen molar-refractivity contribution in [3.63, 3.8) is 0 Å². The molecule has 3 nitrogen and oxygen atoms in total. The highest BCUT2D eigenvalue weighted by molar-refractivity contribution is 7.99. The van der Waals surface area contributed by atoms with Crippen molar-refractivity contribution in [3.05, 3.63) is 29.8 Å². The topological polar surface area (TPSA) is 38.3 Å². The normalized spacial score (nSPS) is 15.7. The number of thioether (sulfide) groups is 1. The van der Waals surface area contributed by atoms with E-state index in [0.717, 1.165) is 0 Å². The molecule has 0 unspecified atom stereocenters. The van der Waals surface area contributed by atoms with E-state index in [-0.39, 0.29) is 17.5 Å². The molecule has 0 aliphatic carbocycles. The summed E-state index contributed by atoms with van der Waals surface area (Å²) < 4.78 is 29.6. The average Bonchev–Trinajstić information content (AvgIpc) is 2.23. The molecule has 1 amide bonds. The number of halogens is 2. The molecule has 1 fully saturated rings. The van der Waals surface area contributed by atoms with Gasteiger partial charge in [-0.3, -0.25) is 4.79 Å². The van der Waals surface area contributed by atoms with Crippen LogP contribution in [0.3, 0.4) is 0 Å². The van der Waals surface area contributed by atoms with E-state index in [2.05, 4.69) is 5.32 Å². The SMILES string of the molecule is O=C(NC1COC1)c1ccccc1SC(F)F. The van der Waals surface area contributed by atoms with Crippen molar-refractivity contribution in [1.82, 2.24) is 5.32 Å². The van der Waals surface area contributed by atoms with Gasteiger partial charge in [0.15, 0.2) is 0 Å². The van der Waals surface area contributed by atoms with Gasteiger partial charge in [0.05, 0.1) is 24.8 Å². The van der Waals surface area contributed by atoms with E-state index in [9.17, 15) is 13.6 Å². The summed E-state index contributed by atoms with van der Waals surface area (Å²) in [5.74, 6) is -2.86. The number of alkyl halides is 2. The molecule has 0 atom stereocenters. The van der Waals surface area contributed by atoms with Gasteiger partial charge in [-0.25, -0.2) is 0 Å². The summed E-state index contributed by atoms with van der Waals surface area (Å²) in [4.78, 5) is 12.1. The van der Waals surface area contributed by atoms with Crippen LogP contribution >= 0.6 is 11.8 Å². The fourth-order valence-corrected chi connectivity index (χ4v) is 2.07. The van der Waals surface area contributed by atoms with E-state index in [1.807, 2.05) is 0 Å². The highest BCUT2D eigenvalue weighted by Gasteiger charge is 2.22. The predicted molar refractivity (Wildman–Crippen MR) is 60.4 cm³/mol. The number of carbonyl (C=O) groups excluding carboxylic acids is 1. The zero-order valence-electron chi connectivity index (χ0n) is 8.86. The Kier molecular flexibility index (Phi) is 3.96. The average molecular weight is 259 g/mol. The Morgan fingerprint density at radius 2 is 2.12 bits per heavy atom. The molecule has 6 heteroatoms. The Bertz CT molecular complexity index is 410. The van der Waals surface area contributed by atoms with Gasteiger partial charge < -0.3 is 10.1 Å². The van der Waals surface area contributed by atoms with Crippen LogP contribution in [0.25, 0.3) is 0 Å². The van der Waals surface area contributed by atoms with Crippen molar-refractivity contribution >= 4 is 17.7 Å². The van der Waals surface area contributed by atoms with Gasteiger partial charge in [0.1, 0.15) is 0 Å². The number of hydrogen-bond donors (Lipinski definition) is 1. The number of carbonyl (C=O) groups is 1. The Morgan fingerprint density at radius 1 is 1.41 bits per heavy atom. The Labute approximate surface area is 102 Å². The van der Waals surface area contributed by atoms with E-state index in [1.54, 1.807) is 18.2 Å². The minimum absolute atomic E-state index is 0.00731. The van der Waals surface area contributed by atoms with Gasteiger partial charge in [-0.15, -0.1) is 0 Å². The fourth-order valence-electron chi connectivity index (χ4n) is 1.44. The van der Waals surface area contributed by atoms with Crippen molar-refractivity contribution in [1.29, 1.82) is 0 Å². The van der Waals surface area contributed by atoms with Gasteiger partial charge in [0.25, 0.3) is 11.7 Å². The summed E-state index contributed by atoms with van der Waals surface area (Å²) in [6.07, 6.45) is 0. The summed E-state index contributed by atoms with van der Waals surface area (Å²) >= 11 is 0.381. The maximum absolute atomic E-state index is 12.3. The Hall–Kier alpha value is -1.14. The van der Waals surface area contributed by atoms with Crippen molar-refractivity contribution in [2.45, 2.75) is 16.7 Å². The third kappa shape index (κ3) is 3.17. The monoisotopic (exact) mass is 259 g/mol. The first-order valence-corrected chi connectivity index (χ1v) is 5.97. The van der Waals surface area contributed by atoms with Crippen LogP contribution in [-0.2, 0) is 4.74 Å². The number of nitrogens with one attached hydrogen (secondary N) is 1. The molecule has 1 aliphatic rings. The molecule has 1 heterocycles. The maximum atomic E-state index is 12.3. The van der Waals surface area contributed by atoms with Crippen molar-refractivity contribution < 1.29 is 18.3 Å². The van der Waals surface area contributed by atoms with E-state index < -0.39 is 5.76 Å². The molecule has 0 bridgehead atoms. The quantitative estimate of drug-likeness (QED) is 0.842. The van der Waals surface area contributed by atoms with Gasteiger partial charge in [0, 0.05) is 4.90 Å². The number of rotatable bonds is 4. The van der Waals surface area contributed by atoms with Crippen LogP contribution in [0.4, 0.5) is 8.78 Å². The molecule has 0 saturated carbocycles. The van der Waals surface area contributed by atoms with Gasteiger partial charge in [-0.1, -0.05) is 23.9 Å². The third-order valence-electron chi connectivity index (χ3n) is 2.32. The first-order chi connectivity index (χ1) is 8.16. The van der Waals surface area contributed by atoms with E-state index in [1.165, 1.54) is 6.07 Å². The summed E-state index contributed by atoms with van der Waals surface area (Å²) in [7, 11) is 0. The molecule has 2 rings (SSSR count). The van der Waals surface area contributed by atoms with E-state index >= 15 is 0 Å². The number of ether oxygens (including phenoxy) is 1. The van der Waals surface area contributed by atoms with Crippen LogP contribution in [0, 0.1) is 0 Å². The molecule has 92 valence electrons. The summed E-state index contributed by atoms with van der Waals surface area (Å²) in [5.41, 5.74) is 0.282. The molecule has 1 aromatic carbocycles. The number of benzene rings is 1. The molecular formula is C11H11F2NO2S. The molecule has 0 spiro atoms. The second-order valence-corrected chi connectivity index (χ2v) is 4.61. The predicted octanol–water partition coefficient (Wildman–Crippen LogP) is 2.13. The molecule has 1 saturated heterocycles. The molecule has 1 N–H and O–H groups in total. The van der Waals surface area contributed by atoms with E-state index in [0.29, 0.717) is 29.9 Å². The first kappa shape index (κ1) is 12.3. The van der Waals surface area contributed by atoms with Crippen molar-refractivity contribution in [2.75, 3.05) is 13.2 Å². The molecule has 1 aliphatic heterocycles. The van der Waals surface area contributed by atoms with E-state index in [4.69, 9.17) is 4.74 Å². The van der Waals surface area contributed by atoms with Gasteiger partial charge >= 0.3 is 0 Å². The molecule has 0 radical (unpaired) electrons. The number of amides is 1. The zero-order chi connectivity index (χ0) is 12.3. The summed E-state index contributed by atoms with van der Waals surface area (Å²) in [6, 6.07) is 6.34. The highest BCUT2D eigenvalue weighted by Crippen LogP contribution is 2.28.